The average Bonchev–Trinajstić information content (AvgIpc) is 2.64. The molecule has 88 valence electrons. The maximum atomic E-state index is 10.9. The summed E-state index contributed by atoms with van der Waals surface area (Å²) in [5, 5.41) is 8.95. The second kappa shape index (κ2) is 3.56. The second-order valence-corrected chi connectivity index (χ2v) is 4.43. The Labute approximate surface area is 98.3 Å². The molecule has 0 aliphatic carbocycles. The van der Waals surface area contributed by atoms with Crippen molar-refractivity contribution in [1.82, 2.24) is 14.5 Å². The number of benzene rings is 1. The lowest BCUT2D eigenvalue weighted by Gasteiger charge is -2.23. The minimum absolute atomic E-state index is 0.293. The van der Waals surface area contributed by atoms with Gasteiger partial charge < -0.3 is 9.67 Å². The maximum Gasteiger partial charge on any atom is 0.335 e. The molecule has 0 saturated heterocycles. The van der Waals surface area contributed by atoms with Crippen LogP contribution in [-0.4, -0.2) is 39.1 Å². The Morgan fingerprint density at radius 3 is 3.00 bits per heavy atom. The molecule has 0 spiro atoms. The third-order valence-corrected chi connectivity index (χ3v) is 3.19. The normalized spacial score (nSPS) is 16.1. The summed E-state index contributed by atoms with van der Waals surface area (Å²) < 4.78 is 2.17. The van der Waals surface area contributed by atoms with Gasteiger partial charge in [0.15, 0.2) is 0 Å². The van der Waals surface area contributed by atoms with E-state index in [-0.39, 0.29) is 0 Å². The molecular formula is C12H13N3O2. The topological polar surface area (TPSA) is 58.4 Å². The SMILES string of the molecule is CN1CCn2c(nc3cc(C(=O)O)ccc32)C1. The number of rotatable bonds is 1. The van der Waals surface area contributed by atoms with Crippen molar-refractivity contribution in [3.8, 4) is 0 Å². The number of carboxylic acids is 1. The molecular weight excluding hydrogens is 218 g/mol. The first-order chi connectivity index (χ1) is 8.15. The molecule has 5 heteroatoms. The van der Waals surface area contributed by atoms with E-state index in [2.05, 4.69) is 21.5 Å². The largest absolute Gasteiger partial charge is 0.478 e. The van der Waals surface area contributed by atoms with Gasteiger partial charge in [-0.25, -0.2) is 9.78 Å². The number of likely N-dealkylation sites (N-methyl/N-ethyl adjacent to an activating group) is 1. The molecule has 1 aliphatic heterocycles. The van der Waals surface area contributed by atoms with Crippen LogP contribution < -0.4 is 0 Å². The van der Waals surface area contributed by atoms with Crippen molar-refractivity contribution in [3.05, 3.63) is 29.6 Å². The van der Waals surface area contributed by atoms with Gasteiger partial charge in [-0.3, -0.25) is 4.90 Å². The summed E-state index contributed by atoms with van der Waals surface area (Å²) in [6.45, 7) is 2.73. The molecule has 0 radical (unpaired) electrons. The number of carbonyl (C=O) groups is 1. The summed E-state index contributed by atoms with van der Waals surface area (Å²) in [5.74, 6) is 0.103. The Balaban J connectivity index is 2.17. The maximum absolute atomic E-state index is 10.9. The lowest BCUT2D eigenvalue weighted by Crippen LogP contribution is -2.30. The van der Waals surface area contributed by atoms with Crippen LogP contribution in [0.1, 0.15) is 16.2 Å². The van der Waals surface area contributed by atoms with Crippen LogP contribution in [0.15, 0.2) is 18.2 Å². The fraction of sp³-hybridized carbons (Fsp3) is 0.333. The third kappa shape index (κ3) is 1.59. The molecule has 1 aromatic carbocycles. The van der Waals surface area contributed by atoms with Crippen molar-refractivity contribution in [2.45, 2.75) is 13.1 Å². The highest BCUT2D eigenvalue weighted by atomic mass is 16.4. The first kappa shape index (κ1) is 10.3. The molecule has 1 aromatic heterocycles. The highest BCUT2D eigenvalue weighted by Gasteiger charge is 2.18. The zero-order chi connectivity index (χ0) is 12.0. The molecule has 2 aromatic rings. The van der Waals surface area contributed by atoms with Crippen molar-refractivity contribution in [3.63, 3.8) is 0 Å². The van der Waals surface area contributed by atoms with Crippen LogP contribution in [0.3, 0.4) is 0 Å². The third-order valence-electron chi connectivity index (χ3n) is 3.19. The number of aromatic carboxylic acids is 1. The van der Waals surface area contributed by atoms with Crippen molar-refractivity contribution in [1.29, 1.82) is 0 Å². The van der Waals surface area contributed by atoms with Gasteiger partial charge >= 0.3 is 5.97 Å². The van der Waals surface area contributed by atoms with Gasteiger partial charge in [-0.2, -0.15) is 0 Å². The summed E-state index contributed by atoms with van der Waals surface area (Å²) in [5.41, 5.74) is 2.09. The highest BCUT2D eigenvalue weighted by Crippen LogP contribution is 2.21. The molecule has 0 fully saturated rings. The zero-order valence-electron chi connectivity index (χ0n) is 9.55. The number of hydrogen-bond donors (Lipinski definition) is 1. The van der Waals surface area contributed by atoms with Crippen LogP contribution in [0.25, 0.3) is 11.0 Å². The van der Waals surface area contributed by atoms with E-state index >= 15 is 0 Å². The van der Waals surface area contributed by atoms with Crippen LogP contribution in [0.2, 0.25) is 0 Å². The van der Waals surface area contributed by atoms with Crippen LogP contribution in [0, 0.1) is 0 Å². The summed E-state index contributed by atoms with van der Waals surface area (Å²) in [6.07, 6.45) is 0. The summed E-state index contributed by atoms with van der Waals surface area (Å²) in [7, 11) is 2.06. The fourth-order valence-corrected chi connectivity index (χ4v) is 2.27. The van der Waals surface area contributed by atoms with E-state index < -0.39 is 5.97 Å². The zero-order valence-corrected chi connectivity index (χ0v) is 9.55. The Morgan fingerprint density at radius 1 is 1.41 bits per heavy atom. The predicted octanol–water partition coefficient (Wildman–Crippen LogP) is 1.18. The van der Waals surface area contributed by atoms with E-state index in [9.17, 15) is 4.79 Å². The van der Waals surface area contributed by atoms with Gasteiger partial charge in [0.2, 0.25) is 0 Å². The summed E-state index contributed by atoms with van der Waals surface area (Å²) in [4.78, 5) is 17.6. The molecule has 3 rings (SSSR count). The van der Waals surface area contributed by atoms with Crippen molar-refractivity contribution >= 4 is 17.0 Å². The minimum atomic E-state index is -0.907. The van der Waals surface area contributed by atoms with E-state index in [0.717, 1.165) is 36.5 Å². The van der Waals surface area contributed by atoms with E-state index in [1.165, 1.54) is 0 Å². The van der Waals surface area contributed by atoms with E-state index in [1.807, 2.05) is 6.07 Å². The van der Waals surface area contributed by atoms with Crippen LogP contribution >= 0.6 is 0 Å². The van der Waals surface area contributed by atoms with Crippen molar-refractivity contribution in [2.75, 3.05) is 13.6 Å². The summed E-state index contributed by atoms with van der Waals surface area (Å²) in [6, 6.07) is 5.13. The molecule has 0 unspecified atom stereocenters. The quantitative estimate of drug-likeness (QED) is 0.800. The van der Waals surface area contributed by atoms with Crippen LogP contribution in [0.5, 0.6) is 0 Å². The average molecular weight is 231 g/mol. The number of fused-ring (bicyclic) bond motifs is 3. The molecule has 0 atom stereocenters. The van der Waals surface area contributed by atoms with Gasteiger partial charge in [0.1, 0.15) is 5.82 Å². The van der Waals surface area contributed by atoms with E-state index in [4.69, 9.17) is 5.11 Å². The monoisotopic (exact) mass is 231 g/mol. The molecule has 0 amide bonds. The molecule has 0 saturated carbocycles. The molecule has 5 nitrogen and oxygen atoms in total. The molecule has 1 aliphatic rings. The minimum Gasteiger partial charge on any atom is -0.478 e. The van der Waals surface area contributed by atoms with Gasteiger partial charge in [0.25, 0.3) is 0 Å². The van der Waals surface area contributed by atoms with E-state index in [0.29, 0.717) is 5.56 Å². The number of imidazole rings is 1. The van der Waals surface area contributed by atoms with Crippen LogP contribution in [-0.2, 0) is 13.1 Å². The van der Waals surface area contributed by atoms with Gasteiger partial charge in [-0.1, -0.05) is 0 Å². The lowest BCUT2D eigenvalue weighted by atomic mass is 10.2. The standard InChI is InChI=1S/C12H13N3O2/c1-14-4-5-15-10-3-2-8(12(16)17)6-9(10)13-11(15)7-14/h2-3,6H,4-5,7H2,1H3,(H,16,17). The highest BCUT2D eigenvalue weighted by molar-refractivity contribution is 5.92. The van der Waals surface area contributed by atoms with Gasteiger partial charge in [0, 0.05) is 13.1 Å². The lowest BCUT2D eigenvalue weighted by molar-refractivity contribution is 0.0697. The fourth-order valence-electron chi connectivity index (χ4n) is 2.27. The Kier molecular flexibility index (Phi) is 2.16. The smallest absolute Gasteiger partial charge is 0.335 e. The van der Waals surface area contributed by atoms with E-state index in [1.54, 1.807) is 12.1 Å². The van der Waals surface area contributed by atoms with Gasteiger partial charge in [0.05, 0.1) is 23.1 Å². The van der Waals surface area contributed by atoms with Gasteiger partial charge in [-0.15, -0.1) is 0 Å². The first-order valence-electron chi connectivity index (χ1n) is 5.56. The first-order valence-corrected chi connectivity index (χ1v) is 5.56. The molecule has 2 heterocycles. The van der Waals surface area contributed by atoms with Gasteiger partial charge in [-0.05, 0) is 25.2 Å². The number of nitrogens with zero attached hydrogens (tertiary/aromatic N) is 3. The molecule has 0 bridgehead atoms. The molecule has 1 N–H and O–H groups in total. The van der Waals surface area contributed by atoms with Crippen molar-refractivity contribution in [2.24, 2.45) is 0 Å². The van der Waals surface area contributed by atoms with Crippen LogP contribution in [0.4, 0.5) is 0 Å². The predicted molar refractivity (Wildman–Crippen MR) is 63.0 cm³/mol. The Morgan fingerprint density at radius 2 is 2.24 bits per heavy atom. The summed E-state index contributed by atoms with van der Waals surface area (Å²) >= 11 is 0. The molecule has 17 heavy (non-hydrogen) atoms. The Hall–Kier alpha value is -1.88. The van der Waals surface area contributed by atoms with Crippen molar-refractivity contribution < 1.29 is 9.90 Å². The Bertz CT molecular complexity index is 603. The number of hydrogen-bond acceptors (Lipinski definition) is 3. The number of carboxylic acid groups (broad SMARTS) is 1. The number of aromatic nitrogens is 2. The second-order valence-electron chi connectivity index (χ2n) is 4.43.